The molecule has 6 heteroatoms. The van der Waals surface area contributed by atoms with Crippen LogP contribution in [0.4, 0.5) is 0 Å². The van der Waals surface area contributed by atoms with E-state index in [-0.39, 0.29) is 5.88 Å². The van der Waals surface area contributed by atoms with E-state index in [2.05, 4.69) is 13.8 Å². The molecule has 0 saturated carbocycles. The van der Waals surface area contributed by atoms with Crippen LogP contribution in [0.1, 0.15) is 127 Å². The van der Waals surface area contributed by atoms with Crippen molar-refractivity contribution in [3.63, 3.8) is 0 Å². The van der Waals surface area contributed by atoms with Gasteiger partial charge in [-0.05, 0) is 41.7 Å². The van der Waals surface area contributed by atoms with Crippen molar-refractivity contribution in [2.75, 3.05) is 0 Å². The van der Waals surface area contributed by atoms with Gasteiger partial charge in [-0.25, -0.2) is 9.55 Å². The monoisotopic (exact) mass is 705 g/mol. The Balaban J connectivity index is 1.52. The maximum absolute atomic E-state index is 15.5. The SMILES string of the molecule is CCCCCCCCC(OP(=O)(Oc1nc2ccccc2cc1-c1ccccc1)OC(CCCCCCCC)c1ccccc1)c1ccccc1. The summed E-state index contributed by atoms with van der Waals surface area (Å²) in [5.74, 6) is 0.237. The Labute approximate surface area is 306 Å². The molecule has 0 aliphatic rings. The fourth-order valence-corrected chi connectivity index (χ4v) is 8.16. The minimum Gasteiger partial charge on any atom is -0.385 e. The Kier molecular flexibility index (Phi) is 15.8. The van der Waals surface area contributed by atoms with Crippen LogP contribution in [-0.4, -0.2) is 4.98 Å². The van der Waals surface area contributed by atoms with Gasteiger partial charge in [0.1, 0.15) is 0 Å². The number of phosphoric acid groups is 1. The number of benzene rings is 4. The number of fused-ring (bicyclic) bond motifs is 1. The second-order valence-corrected chi connectivity index (χ2v) is 15.1. The molecule has 0 N–H and O–H groups in total. The summed E-state index contributed by atoms with van der Waals surface area (Å²) in [5.41, 5.74) is 4.31. The minimum absolute atomic E-state index is 0.237. The van der Waals surface area contributed by atoms with Crippen LogP contribution in [0.3, 0.4) is 0 Å². The molecule has 270 valence electrons. The van der Waals surface area contributed by atoms with E-state index in [9.17, 15) is 0 Å². The van der Waals surface area contributed by atoms with E-state index in [1.165, 1.54) is 51.4 Å². The van der Waals surface area contributed by atoms with Gasteiger partial charge in [0, 0.05) is 10.9 Å². The predicted octanol–water partition coefficient (Wildman–Crippen LogP) is 14.4. The highest BCUT2D eigenvalue weighted by Crippen LogP contribution is 2.58. The summed E-state index contributed by atoms with van der Waals surface area (Å²) < 4.78 is 35.6. The Morgan fingerprint density at radius 1 is 0.549 bits per heavy atom. The number of pyridine rings is 1. The van der Waals surface area contributed by atoms with Crippen molar-refractivity contribution in [2.24, 2.45) is 0 Å². The summed E-state index contributed by atoms with van der Waals surface area (Å²) in [6.45, 7) is 4.47. The molecule has 1 aromatic heterocycles. The number of phosphoric ester groups is 1. The molecule has 1 heterocycles. The Morgan fingerprint density at radius 3 is 1.53 bits per heavy atom. The van der Waals surface area contributed by atoms with Crippen LogP contribution in [0.5, 0.6) is 5.88 Å². The molecule has 5 rings (SSSR count). The van der Waals surface area contributed by atoms with Crippen LogP contribution >= 0.6 is 7.82 Å². The first-order valence-electron chi connectivity index (χ1n) is 19.3. The van der Waals surface area contributed by atoms with Gasteiger partial charge in [0.05, 0.1) is 17.7 Å². The Bertz CT molecular complexity index is 1680. The molecule has 0 fully saturated rings. The maximum Gasteiger partial charge on any atom is 0.532 e. The second-order valence-electron chi connectivity index (χ2n) is 13.6. The van der Waals surface area contributed by atoms with Crippen LogP contribution in [0.2, 0.25) is 0 Å². The highest BCUT2D eigenvalue weighted by Gasteiger charge is 2.38. The van der Waals surface area contributed by atoms with Crippen molar-refractivity contribution in [3.05, 3.63) is 132 Å². The highest BCUT2D eigenvalue weighted by molar-refractivity contribution is 7.49. The molecule has 5 nitrogen and oxygen atoms in total. The van der Waals surface area contributed by atoms with E-state index in [0.717, 1.165) is 58.8 Å². The maximum atomic E-state index is 15.5. The fraction of sp³-hybridized carbons (Fsp3) is 0.400. The van der Waals surface area contributed by atoms with E-state index in [4.69, 9.17) is 18.6 Å². The lowest BCUT2D eigenvalue weighted by atomic mass is 10.0. The number of nitrogens with zero attached hydrogens (tertiary/aromatic N) is 1. The van der Waals surface area contributed by atoms with Crippen molar-refractivity contribution in [1.82, 2.24) is 4.98 Å². The van der Waals surface area contributed by atoms with Crippen LogP contribution in [0.15, 0.2) is 121 Å². The molecule has 0 saturated heterocycles. The molecule has 0 spiro atoms. The number of unbranched alkanes of at least 4 members (excludes halogenated alkanes) is 10. The molecule has 2 atom stereocenters. The van der Waals surface area contributed by atoms with Crippen LogP contribution in [0.25, 0.3) is 22.0 Å². The first-order valence-corrected chi connectivity index (χ1v) is 20.8. The summed E-state index contributed by atoms with van der Waals surface area (Å²) >= 11 is 0. The fourth-order valence-electron chi connectivity index (χ4n) is 6.59. The summed E-state index contributed by atoms with van der Waals surface area (Å²) in [6, 6.07) is 40.1. The number of hydrogen-bond acceptors (Lipinski definition) is 5. The second kappa shape index (κ2) is 20.9. The lowest BCUT2D eigenvalue weighted by Gasteiger charge is -2.28. The third-order valence-electron chi connectivity index (χ3n) is 9.47. The standard InChI is InChI=1S/C45H56NO4P/c1-3-5-7-9-11-22-34-43(38-28-18-14-19-29-38)48-51(47,49-44(39-30-20-15-21-31-39)35-23-12-10-8-6-4-2)50-45-41(37-26-16-13-17-27-37)36-40-32-24-25-33-42(40)46-45/h13-21,24-33,36,43-44H,3-12,22-23,34-35H2,1-2H3. The average molecular weight is 706 g/mol. The van der Waals surface area contributed by atoms with Gasteiger partial charge in [-0.15, -0.1) is 0 Å². The van der Waals surface area contributed by atoms with Crippen molar-refractivity contribution in [2.45, 2.75) is 116 Å². The van der Waals surface area contributed by atoms with E-state index in [1.807, 2.05) is 121 Å². The number of para-hydroxylation sites is 1. The quantitative estimate of drug-likeness (QED) is 0.0500. The predicted molar refractivity (Wildman–Crippen MR) is 212 cm³/mol. The van der Waals surface area contributed by atoms with Crippen molar-refractivity contribution in [3.8, 4) is 17.0 Å². The smallest absolute Gasteiger partial charge is 0.385 e. The first-order chi connectivity index (χ1) is 25.1. The van der Waals surface area contributed by atoms with Gasteiger partial charge in [0.25, 0.3) is 0 Å². The summed E-state index contributed by atoms with van der Waals surface area (Å²) in [7, 11) is -4.30. The third kappa shape index (κ3) is 12.2. The van der Waals surface area contributed by atoms with Crippen LogP contribution in [-0.2, 0) is 13.6 Å². The van der Waals surface area contributed by atoms with Crippen molar-refractivity contribution < 1.29 is 18.1 Å². The summed E-state index contributed by atoms with van der Waals surface area (Å²) in [6.07, 6.45) is 14.3. The number of rotatable bonds is 23. The van der Waals surface area contributed by atoms with Gasteiger partial charge in [-0.1, -0.05) is 200 Å². The Morgan fingerprint density at radius 2 is 1.00 bits per heavy atom. The zero-order chi connectivity index (χ0) is 35.6. The van der Waals surface area contributed by atoms with Crippen molar-refractivity contribution >= 4 is 18.7 Å². The zero-order valence-electron chi connectivity index (χ0n) is 30.6. The van der Waals surface area contributed by atoms with Gasteiger partial charge in [0.2, 0.25) is 5.88 Å². The minimum atomic E-state index is -4.30. The molecule has 5 aromatic rings. The summed E-state index contributed by atoms with van der Waals surface area (Å²) in [4.78, 5) is 4.95. The van der Waals surface area contributed by atoms with Gasteiger partial charge < -0.3 is 4.52 Å². The highest BCUT2D eigenvalue weighted by atomic mass is 31.2. The van der Waals surface area contributed by atoms with Gasteiger partial charge >= 0.3 is 7.82 Å². The molecule has 4 aromatic carbocycles. The van der Waals surface area contributed by atoms with Gasteiger partial charge in [0.15, 0.2) is 0 Å². The summed E-state index contributed by atoms with van der Waals surface area (Å²) in [5, 5.41) is 0.968. The zero-order valence-corrected chi connectivity index (χ0v) is 31.5. The normalized spacial score (nSPS) is 13.8. The first kappa shape index (κ1) is 38.5. The molecule has 51 heavy (non-hydrogen) atoms. The third-order valence-corrected chi connectivity index (χ3v) is 10.9. The number of aromatic nitrogens is 1. The molecule has 2 unspecified atom stereocenters. The van der Waals surface area contributed by atoms with Crippen molar-refractivity contribution in [1.29, 1.82) is 0 Å². The Hall–Kier alpha value is -3.76. The molecule has 0 bridgehead atoms. The lowest BCUT2D eigenvalue weighted by Crippen LogP contribution is -2.13. The van der Waals surface area contributed by atoms with E-state index < -0.39 is 20.0 Å². The largest absolute Gasteiger partial charge is 0.532 e. The molecule has 0 amide bonds. The van der Waals surface area contributed by atoms with Gasteiger partial charge in [-0.3, -0.25) is 9.05 Å². The van der Waals surface area contributed by atoms with E-state index in [0.29, 0.717) is 12.8 Å². The number of hydrogen-bond donors (Lipinski definition) is 0. The molecular formula is C45H56NO4P. The molecule has 0 aliphatic heterocycles. The van der Waals surface area contributed by atoms with E-state index >= 15 is 4.57 Å². The topological polar surface area (TPSA) is 57.7 Å². The molecular weight excluding hydrogens is 649 g/mol. The molecule has 0 aliphatic carbocycles. The van der Waals surface area contributed by atoms with Crippen LogP contribution in [0, 0.1) is 0 Å². The van der Waals surface area contributed by atoms with E-state index in [1.54, 1.807) is 0 Å². The average Bonchev–Trinajstić information content (AvgIpc) is 3.17. The van der Waals surface area contributed by atoms with Crippen LogP contribution < -0.4 is 4.52 Å². The lowest BCUT2D eigenvalue weighted by molar-refractivity contribution is 0.0684. The van der Waals surface area contributed by atoms with Gasteiger partial charge in [-0.2, -0.15) is 0 Å². The molecule has 0 radical (unpaired) electrons.